The Balaban J connectivity index is 5.58. The maximum atomic E-state index is 13.5. The molecular weight excluding hydrogens is 327 g/mol. The van der Waals surface area contributed by atoms with E-state index in [0.29, 0.717) is 7.05 Å². The fraction of sp³-hybridized carbons (Fsp3) is 0.818. The zero-order valence-electron chi connectivity index (χ0n) is 12.0. The van der Waals surface area contributed by atoms with E-state index in [-0.39, 0.29) is 4.90 Å². The summed E-state index contributed by atoms with van der Waals surface area (Å²) in [7, 11) is 0.452. The van der Waals surface area contributed by atoms with Crippen molar-refractivity contribution >= 4 is 12.4 Å². The molecule has 0 aliphatic carbocycles. The summed E-state index contributed by atoms with van der Waals surface area (Å²) in [5.74, 6) is -12.4. The van der Waals surface area contributed by atoms with Crippen LogP contribution in [0.3, 0.4) is 0 Å². The van der Waals surface area contributed by atoms with E-state index in [1.54, 1.807) is 0 Å². The van der Waals surface area contributed by atoms with Crippen LogP contribution < -0.4 is 0 Å². The largest absolute Gasteiger partial charge is 0.459 e. The first-order chi connectivity index (χ1) is 9.49. The summed E-state index contributed by atoms with van der Waals surface area (Å²) < 4.78 is 93.5. The molecule has 0 aromatic carbocycles. The van der Waals surface area contributed by atoms with Crippen LogP contribution in [0, 0.1) is 0 Å². The van der Waals surface area contributed by atoms with Crippen molar-refractivity contribution in [3.05, 3.63) is 0 Å². The lowest BCUT2D eigenvalue weighted by Crippen LogP contribution is -2.63. The van der Waals surface area contributed by atoms with Gasteiger partial charge in [0.1, 0.15) is 11.9 Å². The van der Waals surface area contributed by atoms with Crippen LogP contribution in [-0.2, 0) is 9.53 Å². The number of hydrogen-bond acceptors (Lipinski definition) is 3. The van der Waals surface area contributed by atoms with Crippen LogP contribution in [0.25, 0.3) is 0 Å². The Morgan fingerprint density at radius 1 is 1.05 bits per heavy atom. The number of alkyl halides is 7. The van der Waals surface area contributed by atoms with Crippen molar-refractivity contribution in [3.8, 4) is 0 Å². The number of aldehydes is 1. The van der Waals surface area contributed by atoms with Gasteiger partial charge < -0.3 is 9.53 Å². The topological polar surface area (TPSA) is 46.6 Å². The van der Waals surface area contributed by atoms with Crippen molar-refractivity contribution in [2.75, 3.05) is 7.05 Å². The maximum absolute atomic E-state index is 13.5. The molecular formula is C11H14F7NO3. The highest BCUT2D eigenvalue weighted by molar-refractivity contribution is 5.74. The average Bonchev–Trinajstić information content (AvgIpc) is 2.25. The molecule has 0 aromatic rings. The lowest BCUT2D eigenvalue weighted by molar-refractivity contribution is -0.360. The molecule has 0 saturated heterocycles. The standard InChI is InChI=1S/C11H14F7NO3/c1-8(2,3)22-7(21)19(4)6(5-20)9(12,13)10(14,15)11(16,17)18/h5-6H,1-4H3. The third-order valence-electron chi connectivity index (χ3n) is 2.37. The van der Waals surface area contributed by atoms with Gasteiger partial charge in [0.15, 0.2) is 6.04 Å². The number of carbonyl (C=O) groups excluding carboxylic acids is 2. The minimum Gasteiger partial charge on any atom is -0.444 e. The number of nitrogens with zero attached hydrogens (tertiary/aromatic N) is 1. The fourth-order valence-corrected chi connectivity index (χ4v) is 1.24. The molecule has 0 heterocycles. The predicted molar refractivity (Wildman–Crippen MR) is 59.8 cm³/mol. The fourth-order valence-electron chi connectivity index (χ4n) is 1.24. The molecule has 0 radical (unpaired) electrons. The second-order valence-corrected chi connectivity index (χ2v) is 5.37. The van der Waals surface area contributed by atoms with E-state index in [2.05, 4.69) is 4.74 Å². The Kier molecular flexibility index (Phi) is 5.50. The van der Waals surface area contributed by atoms with Crippen molar-refractivity contribution in [3.63, 3.8) is 0 Å². The number of likely N-dealkylation sites (N-methyl/N-ethyl adjacent to an activating group) is 1. The summed E-state index contributed by atoms with van der Waals surface area (Å²) in [5.41, 5.74) is -1.24. The summed E-state index contributed by atoms with van der Waals surface area (Å²) in [6.45, 7) is 3.91. The SMILES string of the molecule is CN(C(=O)OC(C)(C)C)C(C=O)C(F)(F)C(F)(F)C(F)(F)F. The molecule has 1 amide bonds. The summed E-state index contributed by atoms with van der Waals surface area (Å²) in [6, 6.07) is -3.36. The number of carbonyl (C=O) groups is 2. The Bertz CT molecular complexity index is 428. The minimum absolute atomic E-state index is 0.308. The third-order valence-corrected chi connectivity index (χ3v) is 2.37. The van der Waals surface area contributed by atoms with Crippen molar-refractivity contribution in [1.82, 2.24) is 4.90 Å². The van der Waals surface area contributed by atoms with Gasteiger partial charge in [0.05, 0.1) is 0 Å². The first-order valence-electron chi connectivity index (χ1n) is 5.72. The minimum atomic E-state index is -6.60. The lowest BCUT2D eigenvalue weighted by Gasteiger charge is -2.36. The van der Waals surface area contributed by atoms with Crippen LogP contribution >= 0.6 is 0 Å². The van der Waals surface area contributed by atoms with Gasteiger partial charge in [0, 0.05) is 7.05 Å². The Morgan fingerprint density at radius 3 is 1.73 bits per heavy atom. The Morgan fingerprint density at radius 2 is 1.45 bits per heavy atom. The number of halogens is 7. The van der Waals surface area contributed by atoms with Crippen LogP contribution in [0.1, 0.15) is 20.8 Å². The van der Waals surface area contributed by atoms with Gasteiger partial charge in [-0.15, -0.1) is 0 Å². The molecule has 0 spiro atoms. The monoisotopic (exact) mass is 341 g/mol. The zero-order valence-corrected chi connectivity index (χ0v) is 12.0. The van der Waals surface area contributed by atoms with Gasteiger partial charge in [0.2, 0.25) is 0 Å². The van der Waals surface area contributed by atoms with Gasteiger partial charge in [-0.1, -0.05) is 0 Å². The number of rotatable bonds is 4. The molecule has 4 nitrogen and oxygen atoms in total. The second kappa shape index (κ2) is 5.92. The van der Waals surface area contributed by atoms with Crippen LogP contribution in [0.4, 0.5) is 35.5 Å². The molecule has 130 valence electrons. The smallest absolute Gasteiger partial charge is 0.444 e. The summed E-state index contributed by atoms with van der Waals surface area (Å²) in [5, 5.41) is 0. The molecule has 0 aliphatic heterocycles. The third kappa shape index (κ3) is 4.01. The van der Waals surface area contributed by atoms with Crippen molar-refractivity contribution in [2.45, 2.75) is 50.4 Å². The van der Waals surface area contributed by atoms with E-state index in [1.807, 2.05) is 0 Å². The molecule has 0 N–H and O–H groups in total. The van der Waals surface area contributed by atoms with Crippen LogP contribution in [0.5, 0.6) is 0 Å². The summed E-state index contributed by atoms with van der Waals surface area (Å²) in [6.07, 6.45) is -9.13. The average molecular weight is 341 g/mol. The van der Waals surface area contributed by atoms with E-state index < -0.39 is 42.0 Å². The van der Waals surface area contributed by atoms with Gasteiger partial charge in [0.25, 0.3) is 0 Å². The molecule has 22 heavy (non-hydrogen) atoms. The quantitative estimate of drug-likeness (QED) is 0.582. The van der Waals surface area contributed by atoms with Gasteiger partial charge >= 0.3 is 24.1 Å². The molecule has 1 atom stereocenters. The van der Waals surface area contributed by atoms with Gasteiger partial charge in [-0.3, -0.25) is 4.90 Å². The molecule has 0 aliphatic rings. The molecule has 0 rings (SSSR count). The predicted octanol–water partition coefficient (Wildman–Crippen LogP) is 3.25. The molecule has 0 fully saturated rings. The van der Waals surface area contributed by atoms with Crippen molar-refractivity contribution in [1.29, 1.82) is 0 Å². The maximum Gasteiger partial charge on any atom is 0.459 e. The summed E-state index contributed by atoms with van der Waals surface area (Å²) >= 11 is 0. The number of hydrogen-bond donors (Lipinski definition) is 0. The Hall–Kier alpha value is -1.55. The number of ether oxygens (including phenoxy) is 1. The molecule has 0 aromatic heterocycles. The molecule has 1 unspecified atom stereocenters. The number of amides is 1. The first-order valence-corrected chi connectivity index (χ1v) is 5.72. The van der Waals surface area contributed by atoms with Crippen molar-refractivity contribution < 1.29 is 45.1 Å². The van der Waals surface area contributed by atoms with E-state index >= 15 is 0 Å². The van der Waals surface area contributed by atoms with E-state index in [4.69, 9.17) is 0 Å². The second-order valence-electron chi connectivity index (χ2n) is 5.37. The van der Waals surface area contributed by atoms with E-state index in [0.717, 1.165) is 0 Å². The highest BCUT2D eigenvalue weighted by atomic mass is 19.4. The lowest BCUT2D eigenvalue weighted by atomic mass is 10.0. The van der Waals surface area contributed by atoms with Crippen LogP contribution in [-0.4, -0.2) is 54.0 Å². The van der Waals surface area contributed by atoms with Gasteiger partial charge in [-0.2, -0.15) is 30.7 Å². The Labute approximate surface area is 121 Å². The normalized spacial score (nSPS) is 15.2. The zero-order chi connectivity index (χ0) is 18.1. The van der Waals surface area contributed by atoms with Crippen molar-refractivity contribution in [2.24, 2.45) is 0 Å². The van der Waals surface area contributed by atoms with Crippen LogP contribution in [0.15, 0.2) is 0 Å². The van der Waals surface area contributed by atoms with E-state index in [9.17, 15) is 40.3 Å². The highest BCUT2D eigenvalue weighted by Crippen LogP contribution is 2.48. The highest BCUT2D eigenvalue weighted by Gasteiger charge is 2.76. The summed E-state index contributed by atoms with van der Waals surface area (Å²) in [4.78, 5) is 21.8. The molecule has 11 heteroatoms. The van der Waals surface area contributed by atoms with Crippen LogP contribution in [0.2, 0.25) is 0 Å². The molecule has 0 saturated carbocycles. The first kappa shape index (κ1) is 20.5. The van der Waals surface area contributed by atoms with Gasteiger partial charge in [-0.05, 0) is 20.8 Å². The molecule has 0 bridgehead atoms. The van der Waals surface area contributed by atoms with E-state index in [1.165, 1.54) is 20.8 Å². The van der Waals surface area contributed by atoms with Gasteiger partial charge in [-0.25, -0.2) is 4.79 Å².